The average Bonchev–Trinajstić information content (AvgIpc) is 2.61. The molecule has 1 unspecified atom stereocenters. The van der Waals surface area contributed by atoms with Gasteiger partial charge in [-0.1, -0.05) is 0 Å². The van der Waals surface area contributed by atoms with Gasteiger partial charge in [-0.3, -0.25) is 4.68 Å². The van der Waals surface area contributed by atoms with Crippen molar-refractivity contribution in [2.45, 2.75) is 18.9 Å². The minimum Gasteiger partial charge on any atom is -0.390 e. The Hall–Kier alpha value is -1.01. The van der Waals surface area contributed by atoms with Crippen molar-refractivity contribution in [2.24, 2.45) is 7.05 Å². The first kappa shape index (κ1) is 12.1. The van der Waals surface area contributed by atoms with Gasteiger partial charge in [-0.25, -0.2) is 8.78 Å². The van der Waals surface area contributed by atoms with Crippen LogP contribution in [0.25, 0.3) is 0 Å². The van der Waals surface area contributed by atoms with Gasteiger partial charge in [0, 0.05) is 19.3 Å². The van der Waals surface area contributed by atoms with Crippen molar-refractivity contribution in [3.63, 3.8) is 0 Å². The molecule has 1 aromatic rings. The molecular formula is C9H15F2N3O. The van der Waals surface area contributed by atoms with Crippen LogP contribution in [0, 0.1) is 0 Å². The molecule has 4 nitrogen and oxygen atoms in total. The number of hydrogen-bond donors (Lipinski definition) is 2. The van der Waals surface area contributed by atoms with Crippen LogP contribution in [0.5, 0.6) is 0 Å². The van der Waals surface area contributed by atoms with Crippen LogP contribution in [0.4, 0.5) is 8.78 Å². The summed E-state index contributed by atoms with van der Waals surface area (Å²) >= 11 is 0. The number of nitrogens with zero attached hydrogens (tertiary/aromatic N) is 2. The fourth-order valence-electron chi connectivity index (χ4n) is 1.27. The van der Waals surface area contributed by atoms with Gasteiger partial charge in [0.2, 0.25) is 0 Å². The summed E-state index contributed by atoms with van der Waals surface area (Å²) < 4.78 is 27.1. The average molecular weight is 219 g/mol. The van der Waals surface area contributed by atoms with Gasteiger partial charge >= 0.3 is 0 Å². The zero-order valence-electron chi connectivity index (χ0n) is 8.74. The molecule has 0 amide bonds. The first-order chi connectivity index (χ1) is 6.96. The summed E-state index contributed by atoms with van der Waals surface area (Å²) in [5, 5.41) is 15.0. The monoisotopic (exact) mass is 219 g/mol. The van der Waals surface area contributed by atoms with Crippen molar-refractivity contribution >= 4 is 0 Å². The van der Waals surface area contributed by atoms with Crippen molar-refractivity contribution in [1.82, 2.24) is 15.1 Å². The lowest BCUT2D eigenvalue weighted by Gasteiger charge is -2.18. The maximum absolute atomic E-state index is 12.7. The summed E-state index contributed by atoms with van der Waals surface area (Å²) in [6.07, 6.45) is 1.61. The molecule has 0 saturated carbocycles. The second-order valence-corrected chi connectivity index (χ2v) is 3.50. The standard InChI is InChI=1S/C9H15F2N3O/c1-7(8-3-4-13-14(8)2)12-5-9(10,11)6-15/h3-4,7,12,15H,5-6H2,1-2H3. The quantitative estimate of drug-likeness (QED) is 0.766. The Morgan fingerprint density at radius 2 is 2.33 bits per heavy atom. The van der Waals surface area contributed by atoms with Crippen LogP contribution in [0.15, 0.2) is 12.3 Å². The SMILES string of the molecule is CC(NCC(F)(F)CO)c1ccnn1C. The van der Waals surface area contributed by atoms with Crippen molar-refractivity contribution in [2.75, 3.05) is 13.2 Å². The molecule has 1 aromatic heterocycles. The van der Waals surface area contributed by atoms with Crippen molar-refractivity contribution in [3.8, 4) is 0 Å². The van der Waals surface area contributed by atoms with E-state index in [9.17, 15) is 8.78 Å². The fourth-order valence-corrected chi connectivity index (χ4v) is 1.27. The van der Waals surface area contributed by atoms with Gasteiger partial charge in [-0.2, -0.15) is 5.10 Å². The molecule has 2 N–H and O–H groups in total. The third-order valence-electron chi connectivity index (χ3n) is 2.20. The molecule has 0 aliphatic carbocycles. The molecule has 0 saturated heterocycles. The number of aliphatic hydroxyl groups excluding tert-OH is 1. The van der Waals surface area contributed by atoms with Crippen LogP contribution in [-0.2, 0) is 7.05 Å². The van der Waals surface area contributed by atoms with Crippen molar-refractivity contribution in [3.05, 3.63) is 18.0 Å². The highest BCUT2D eigenvalue weighted by Gasteiger charge is 2.28. The highest BCUT2D eigenvalue weighted by molar-refractivity contribution is 5.05. The number of aryl methyl sites for hydroxylation is 1. The largest absolute Gasteiger partial charge is 0.390 e. The number of nitrogens with one attached hydrogen (secondary N) is 1. The zero-order valence-corrected chi connectivity index (χ0v) is 8.74. The normalized spacial score (nSPS) is 14.2. The predicted molar refractivity (Wildman–Crippen MR) is 51.7 cm³/mol. The molecule has 0 spiro atoms. The van der Waals surface area contributed by atoms with E-state index in [1.54, 1.807) is 30.9 Å². The van der Waals surface area contributed by atoms with E-state index in [1.165, 1.54) is 0 Å². The molecule has 0 aliphatic rings. The second kappa shape index (κ2) is 4.67. The highest BCUT2D eigenvalue weighted by atomic mass is 19.3. The van der Waals surface area contributed by atoms with E-state index in [0.717, 1.165) is 5.69 Å². The van der Waals surface area contributed by atoms with Gasteiger partial charge in [-0.15, -0.1) is 0 Å². The molecule has 1 heterocycles. The third kappa shape index (κ3) is 3.24. The van der Waals surface area contributed by atoms with Crippen LogP contribution < -0.4 is 5.32 Å². The maximum atomic E-state index is 12.7. The Morgan fingerprint density at radius 3 is 2.80 bits per heavy atom. The molecule has 0 fully saturated rings. The summed E-state index contributed by atoms with van der Waals surface area (Å²) in [6.45, 7) is 0.0818. The van der Waals surface area contributed by atoms with E-state index in [1.807, 2.05) is 0 Å². The lowest BCUT2D eigenvalue weighted by Crippen LogP contribution is -2.37. The number of hydrogen-bond acceptors (Lipinski definition) is 3. The first-order valence-electron chi connectivity index (χ1n) is 4.66. The molecule has 15 heavy (non-hydrogen) atoms. The van der Waals surface area contributed by atoms with Crippen LogP contribution in [-0.4, -0.2) is 34.0 Å². The summed E-state index contributed by atoms with van der Waals surface area (Å²) in [5.74, 6) is -3.08. The molecule has 0 bridgehead atoms. The number of aromatic nitrogens is 2. The van der Waals surface area contributed by atoms with Gasteiger partial charge in [-0.05, 0) is 13.0 Å². The van der Waals surface area contributed by atoms with Gasteiger partial charge in [0.25, 0.3) is 5.92 Å². The van der Waals surface area contributed by atoms with Gasteiger partial charge in [0.05, 0.1) is 12.2 Å². The third-order valence-corrected chi connectivity index (χ3v) is 2.20. The highest BCUT2D eigenvalue weighted by Crippen LogP contribution is 2.14. The molecule has 1 atom stereocenters. The zero-order chi connectivity index (χ0) is 11.5. The van der Waals surface area contributed by atoms with Gasteiger partial charge in [0.15, 0.2) is 0 Å². The van der Waals surface area contributed by atoms with E-state index in [-0.39, 0.29) is 6.04 Å². The van der Waals surface area contributed by atoms with Gasteiger partial charge < -0.3 is 10.4 Å². The van der Waals surface area contributed by atoms with Crippen LogP contribution >= 0.6 is 0 Å². The molecular weight excluding hydrogens is 204 g/mol. The minimum atomic E-state index is -3.08. The van der Waals surface area contributed by atoms with E-state index >= 15 is 0 Å². The topological polar surface area (TPSA) is 50.1 Å². The summed E-state index contributed by atoms with van der Waals surface area (Å²) in [5.41, 5.74) is 0.823. The predicted octanol–water partition coefficient (Wildman–Crippen LogP) is 0.698. The molecule has 0 radical (unpaired) electrons. The summed E-state index contributed by atoms with van der Waals surface area (Å²) in [6, 6.07) is 1.53. The van der Waals surface area contributed by atoms with Gasteiger partial charge in [0.1, 0.15) is 6.61 Å². The first-order valence-corrected chi connectivity index (χ1v) is 4.66. The molecule has 0 aliphatic heterocycles. The number of halogens is 2. The number of aliphatic hydroxyl groups is 1. The lowest BCUT2D eigenvalue weighted by molar-refractivity contribution is -0.0492. The summed E-state index contributed by atoms with van der Waals surface area (Å²) in [4.78, 5) is 0. The maximum Gasteiger partial charge on any atom is 0.282 e. The van der Waals surface area contributed by atoms with Crippen molar-refractivity contribution < 1.29 is 13.9 Å². The van der Waals surface area contributed by atoms with Crippen LogP contribution in [0.2, 0.25) is 0 Å². The van der Waals surface area contributed by atoms with Crippen LogP contribution in [0.3, 0.4) is 0 Å². The molecule has 0 aromatic carbocycles. The molecule has 6 heteroatoms. The molecule has 86 valence electrons. The Kier molecular flexibility index (Phi) is 3.76. The van der Waals surface area contributed by atoms with Crippen molar-refractivity contribution in [1.29, 1.82) is 0 Å². The summed E-state index contributed by atoms with van der Waals surface area (Å²) in [7, 11) is 1.75. The lowest BCUT2D eigenvalue weighted by atomic mass is 10.2. The second-order valence-electron chi connectivity index (χ2n) is 3.50. The Bertz CT molecular complexity index is 314. The Labute approximate surface area is 86.9 Å². The van der Waals surface area contributed by atoms with E-state index < -0.39 is 19.1 Å². The van der Waals surface area contributed by atoms with Crippen LogP contribution in [0.1, 0.15) is 18.7 Å². The smallest absolute Gasteiger partial charge is 0.282 e. The van der Waals surface area contributed by atoms with E-state index in [0.29, 0.717) is 0 Å². The minimum absolute atomic E-state index is 0.227. The number of alkyl halides is 2. The Morgan fingerprint density at radius 1 is 1.67 bits per heavy atom. The van der Waals surface area contributed by atoms with E-state index in [2.05, 4.69) is 10.4 Å². The van der Waals surface area contributed by atoms with E-state index in [4.69, 9.17) is 5.11 Å². The fraction of sp³-hybridized carbons (Fsp3) is 0.667. The Balaban J connectivity index is 2.50. The number of rotatable bonds is 5. The molecule has 1 rings (SSSR count).